The molecular formula is C31H36N6O2. The predicted octanol–water partition coefficient (Wildman–Crippen LogP) is 7.32. The second-order valence-corrected chi connectivity index (χ2v) is 9.96. The van der Waals surface area contributed by atoms with Gasteiger partial charge < -0.3 is 15.1 Å². The number of unbranched alkanes of at least 4 members (excludes halogenated alkanes) is 1. The fraction of sp³-hybridized carbons (Fsp3) is 0.355. The van der Waals surface area contributed by atoms with Crippen LogP contribution in [0.15, 0.2) is 65.4 Å². The number of pyridine rings is 1. The average molecular weight is 525 g/mol. The van der Waals surface area contributed by atoms with Crippen molar-refractivity contribution in [2.24, 2.45) is 13.0 Å². The average Bonchev–Trinajstić information content (AvgIpc) is 3.50. The number of amides is 1. The van der Waals surface area contributed by atoms with Crippen LogP contribution in [0.4, 0.5) is 11.5 Å². The van der Waals surface area contributed by atoms with E-state index < -0.39 is 5.91 Å². The smallest absolute Gasteiger partial charge is 0.261 e. The number of carbonyl (C=O) groups excluding carboxylic acids is 1. The lowest BCUT2D eigenvalue weighted by molar-refractivity contribution is 0.102. The summed E-state index contributed by atoms with van der Waals surface area (Å²) in [6, 6.07) is 13.7. The van der Waals surface area contributed by atoms with Crippen LogP contribution in [0.5, 0.6) is 0 Å². The maximum atomic E-state index is 13.6. The van der Waals surface area contributed by atoms with Crippen LogP contribution in [-0.4, -0.2) is 26.7 Å². The monoisotopic (exact) mass is 524 g/mol. The van der Waals surface area contributed by atoms with Crippen LogP contribution in [0.3, 0.4) is 0 Å². The Bertz CT molecular complexity index is 1480. The molecule has 0 radical (unpaired) electrons. The number of rotatable bonds is 12. The second-order valence-electron chi connectivity index (χ2n) is 9.96. The number of hydrogen-bond acceptors (Lipinski definition) is 6. The van der Waals surface area contributed by atoms with E-state index in [9.17, 15) is 10.1 Å². The van der Waals surface area contributed by atoms with E-state index in [1.807, 2.05) is 36.4 Å². The van der Waals surface area contributed by atoms with Crippen molar-refractivity contribution in [1.82, 2.24) is 14.8 Å². The van der Waals surface area contributed by atoms with Crippen LogP contribution >= 0.6 is 0 Å². The first-order valence-electron chi connectivity index (χ1n) is 13.6. The van der Waals surface area contributed by atoms with Crippen molar-refractivity contribution in [3.63, 3.8) is 0 Å². The molecule has 2 atom stereocenters. The minimum Gasteiger partial charge on any atom is -0.443 e. The third kappa shape index (κ3) is 6.74. The third-order valence-corrected chi connectivity index (χ3v) is 6.81. The molecule has 0 aliphatic rings. The van der Waals surface area contributed by atoms with Crippen LogP contribution in [0, 0.1) is 17.2 Å². The number of benzene rings is 1. The summed E-state index contributed by atoms with van der Waals surface area (Å²) < 4.78 is 7.36. The van der Waals surface area contributed by atoms with Gasteiger partial charge in [0.1, 0.15) is 23.1 Å². The van der Waals surface area contributed by atoms with Gasteiger partial charge in [-0.1, -0.05) is 76.1 Å². The van der Waals surface area contributed by atoms with E-state index in [1.165, 1.54) is 0 Å². The van der Waals surface area contributed by atoms with Gasteiger partial charge in [-0.05, 0) is 31.2 Å². The SMILES string of the molecule is CCC/C=C\CC(CC(C)CC)Nc1cc2c(C(=O)Nc3cn(C)nc3-c3ccccc3)c(C#N)oc2cn1. The maximum Gasteiger partial charge on any atom is 0.261 e. The molecule has 8 heteroatoms. The van der Waals surface area contributed by atoms with E-state index in [4.69, 9.17) is 4.42 Å². The third-order valence-electron chi connectivity index (χ3n) is 6.81. The van der Waals surface area contributed by atoms with E-state index in [0.717, 1.165) is 37.7 Å². The first-order chi connectivity index (χ1) is 18.9. The Labute approximate surface area is 229 Å². The van der Waals surface area contributed by atoms with Crippen molar-refractivity contribution in [2.45, 2.75) is 58.9 Å². The van der Waals surface area contributed by atoms with E-state index in [0.29, 0.717) is 34.1 Å². The van der Waals surface area contributed by atoms with Gasteiger partial charge in [0.05, 0.1) is 11.9 Å². The second kappa shape index (κ2) is 12.9. The molecule has 2 N–H and O–H groups in total. The Morgan fingerprint density at radius 1 is 1.23 bits per heavy atom. The van der Waals surface area contributed by atoms with Gasteiger partial charge in [-0.2, -0.15) is 10.4 Å². The molecule has 1 aromatic carbocycles. The summed E-state index contributed by atoms with van der Waals surface area (Å²) in [7, 11) is 1.80. The van der Waals surface area contributed by atoms with Gasteiger partial charge in [0, 0.05) is 30.2 Å². The lowest BCUT2D eigenvalue weighted by atomic mass is 9.97. The summed E-state index contributed by atoms with van der Waals surface area (Å²) in [4.78, 5) is 18.1. The fourth-order valence-electron chi connectivity index (χ4n) is 4.58. The zero-order valence-electron chi connectivity index (χ0n) is 23.1. The summed E-state index contributed by atoms with van der Waals surface area (Å²) >= 11 is 0. The first kappa shape index (κ1) is 27.6. The first-order valence-corrected chi connectivity index (χ1v) is 13.6. The summed E-state index contributed by atoms with van der Waals surface area (Å²) in [5, 5.41) is 21.3. The molecule has 4 rings (SSSR count). The van der Waals surface area contributed by atoms with Gasteiger partial charge in [-0.3, -0.25) is 9.48 Å². The molecule has 1 amide bonds. The number of allylic oxidation sites excluding steroid dienone is 1. The summed E-state index contributed by atoms with van der Waals surface area (Å²) in [6.45, 7) is 6.62. The minimum absolute atomic E-state index is 0.0507. The van der Waals surface area contributed by atoms with Gasteiger partial charge in [0.25, 0.3) is 5.91 Å². The van der Waals surface area contributed by atoms with E-state index >= 15 is 0 Å². The molecule has 0 aliphatic carbocycles. The molecule has 0 fully saturated rings. The number of aromatic nitrogens is 3. The fourth-order valence-corrected chi connectivity index (χ4v) is 4.58. The Hall–Kier alpha value is -4.38. The molecule has 3 aromatic heterocycles. The normalized spacial score (nSPS) is 12.9. The quantitative estimate of drug-likeness (QED) is 0.188. The lowest BCUT2D eigenvalue weighted by Gasteiger charge is -2.21. The van der Waals surface area contributed by atoms with Crippen LogP contribution in [-0.2, 0) is 7.05 Å². The van der Waals surface area contributed by atoms with Crippen molar-refractivity contribution in [1.29, 1.82) is 5.26 Å². The molecule has 3 heterocycles. The van der Waals surface area contributed by atoms with Gasteiger partial charge in [-0.15, -0.1) is 0 Å². The number of hydrogen-bond donors (Lipinski definition) is 2. The molecule has 0 saturated carbocycles. The molecule has 8 nitrogen and oxygen atoms in total. The highest BCUT2D eigenvalue weighted by molar-refractivity contribution is 6.15. The van der Waals surface area contributed by atoms with Gasteiger partial charge in [-0.25, -0.2) is 4.98 Å². The maximum absolute atomic E-state index is 13.6. The van der Waals surface area contributed by atoms with Crippen molar-refractivity contribution < 1.29 is 9.21 Å². The van der Waals surface area contributed by atoms with Crippen LogP contribution in [0.25, 0.3) is 22.2 Å². The highest BCUT2D eigenvalue weighted by Gasteiger charge is 2.24. The van der Waals surface area contributed by atoms with Crippen molar-refractivity contribution >= 4 is 28.4 Å². The number of carbonyl (C=O) groups is 1. The number of nitrogens with one attached hydrogen (secondary N) is 2. The topological polar surface area (TPSA) is 109 Å². The van der Waals surface area contributed by atoms with Crippen molar-refractivity contribution in [3.8, 4) is 17.3 Å². The Morgan fingerprint density at radius 3 is 2.74 bits per heavy atom. The predicted molar refractivity (Wildman–Crippen MR) is 155 cm³/mol. The Kier molecular flexibility index (Phi) is 9.16. The van der Waals surface area contributed by atoms with E-state index in [1.54, 1.807) is 30.2 Å². The number of furan rings is 1. The van der Waals surface area contributed by atoms with E-state index in [-0.39, 0.29) is 17.4 Å². The highest BCUT2D eigenvalue weighted by Crippen LogP contribution is 2.31. The summed E-state index contributed by atoms with van der Waals surface area (Å²) in [5.74, 6) is 0.714. The van der Waals surface area contributed by atoms with Crippen molar-refractivity contribution in [2.75, 3.05) is 10.6 Å². The minimum atomic E-state index is -0.439. The molecular weight excluding hydrogens is 488 g/mol. The molecule has 39 heavy (non-hydrogen) atoms. The highest BCUT2D eigenvalue weighted by atomic mass is 16.3. The molecule has 0 bridgehead atoms. The number of anilines is 2. The van der Waals surface area contributed by atoms with Crippen LogP contribution in [0.1, 0.15) is 69.0 Å². The molecule has 202 valence electrons. The largest absolute Gasteiger partial charge is 0.443 e. The van der Waals surface area contributed by atoms with Gasteiger partial charge >= 0.3 is 0 Å². The van der Waals surface area contributed by atoms with E-state index in [2.05, 4.69) is 53.6 Å². The molecule has 4 aromatic rings. The van der Waals surface area contributed by atoms with Gasteiger partial charge in [0.15, 0.2) is 5.58 Å². The number of nitriles is 1. The zero-order chi connectivity index (χ0) is 27.8. The summed E-state index contributed by atoms with van der Waals surface area (Å²) in [6.07, 6.45) is 12.9. The van der Waals surface area contributed by atoms with Crippen LogP contribution in [0.2, 0.25) is 0 Å². The Balaban J connectivity index is 1.64. The molecule has 0 spiro atoms. The molecule has 0 aliphatic heterocycles. The van der Waals surface area contributed by atoms with Crippen molar-refractivity contribution in [3.05, 3.63) is 72.3 Å². The standard InChI is InChI=1S/C31H36N6O2/c1-5-7-8-12-15-23(16-21(3)6-2)34-28-17-24-27(19-33-28)39-26(18-32)29(24)31(38)35-25-20-37(4)36-30(25)22-13-10-9-11-14-22/h8-14,17,19-21,23H,5-7,15-16H2,1-4H3,(H,33,34)(H,35,38)/b12-8-. The lowest BCUT2D eigenvalue weighted by Crippen LogP contribution is -2.22. The van der Waals surface area contributed by atoms with Gasteiger partial charge in [0.2, 0.25) is 5.76 Å². The van der Waals surface area contributed by atoms with Crippen LogP contribution < -0.4 is 10.6 Å². The summed E-state index contributed by atoms with van der Waals surface area (Å²) in [5.41, 5.74) is 2.64. The molecule has 2 unspecified atom stereocenters. The zero-order valence-corrected chi connectivity index (χ0v) is 23.1. The number of aryl methyl sites for hydroxylation is 1. The number of fused-ring (bicyclic) bond motifs is 1. The number of nitrogens with zero attached hydrogens (tertiary/aromatic N) is 4. The molecule has 0 saturated heterocycles. The Morgan fingerprint density at radius 2 is 2.03 bits per heavy atom.